The zero-order valence-electron chi connectivity index (χ0n) is 12.1. The molecule has 2 aliphatic rings. The SMILES string of the molecule is CC1=CC(c2ccc3c(c2)CCCC3O)=CC(C)C1O. The molecule has 3 unspecified atom stereocenters. The first-order valence-corrected chi connectivity index (χ1v) is 7.45. The lowest BCUT2D eigenvalue weighted by Gasteiger charge is -2.25. The van der Waals surface area contributed by atoms with Crippen LogP contribution in [0.15, 0.2) is 35.9 Å². The highest BCUT2D eigenvalue weighted by molar-refractivity contribution is 5.77. The molecule has 0 radical (unpaired) electrons. The Hall–Kier alpha value is -1.38. The average Bonchev–Trinajstić information content (AvgIpc) is 2.44. The molecule has 1 aromatic carbocycles. The predicted molar refractivity (Wildman–Crippen MR) is 81.2 cm³/mol. The molecule has 3 atom stereocenters. The molecule has 2 heteroatoms. The van der Waals surface area contributed by atoms with E-state index < -0.39 is 0 Å². The van der Waals surface area contributed by atoms with Gasteiger partial charge in [-0.1, -0.05) is 37.3 Å². The molecule has 0 aromatic heterocycles. The number of hydrogen-bond acceptors (Lipinski definition) is 2. The Kier molecular flexibility index (Phi) is 3.53. The lowest BCUT2D eigenvalue weighted by atomic mass is 9.83. The largest absolute Gasteiger partial charge is 0.388 e. The number of aliphatic hydroxyl groups excluding tert-OH is 2. The number of rotatable bonds is 1. The Morgan fingerprint density at radius 1 is 1.20 bits per heavy atom. The Morgan fingerprint density at radius 3 is 2.75 bits per heavy atom. The highest BCUT2D eigenvalue weighted by Crippen LogP contribution is 2.34. The van der Waals surface area contributed by atoms with Crippen LogP contribution in [0.1, 0.15) is 49.5 Å². The van der Waals surface area contributed by atoms with Crippen molar-refractivity contribution in [3.8, 4) is 0 Å². The fourth-order valence-corrected chi connectivity index (χ4v) is 3.32. The van der Waals surface area contributed by atoms with Gasteiger partial charge < -0.3 is 10.2 Å². The van der Waals surface area contributed by atoms with Gasteiger partial charge in [0.15, 0.2) is 0 Å². The maximum absolute atomic E-state index is 10.0. The number of aliphatic hydroxyl groups is 2. The van der Waals surface area contributed by atoms with E-state index in [1.54, 1.807) is 0 Å². The predicted octanol–water partition coefficient (Wildman–Crippen LogP) is 3.40. The molecular formula is C18H22O2. The Balaban J connectivity index is 1.98. The summed E-state index contributed by atoms with van der Waals surface area (Å²) < 4.78 is 0. The highest BCUT2D eigenvalue weighted by Gasteiger charge is 2.22. The van der Waals surface area contributed by atoms with E-state index in [0.29, 0.717) is 0 Å². The molecular weight excluding hydrogens is 248 g/mol. The summed E-state index contributed by atoms with van der Waals surface area (Å²) in [6, 6.07) is 6.36. The van der Waals surface area contributed by atoms with Gasteiger partial charge in [0.05, 0.1) is 12.2 Å². The Labute approximate surface area is 120 Å². The van der Waals surface area contributed by atoms with Crippen molar-refractivity contribution in [3.63, 3.8) is 0 Å². The lowest BCUT2D eigenvalue weighted by molar-refractivity contribution is 0.156. The molecule has 2 nitrogen and oxygen atoms in total. The van der Waals surface area contributed by atoms with E-state index in [9.17, 15) is 10.2 Å². The van der Waals surface area contributed by atoms with Crippen molar-refractivity contribution in [1.29, 1.82) is 0 Å². The van der Waals surface area contributed by atoms with Crippen molar-refractivity contribution in [2.45, 2.75) is 45.3 Å². The number of allylic oxidation sites excluding steroid dienone is 2. The van der Waals surface area contributed by atoms with Crippen LogP contribution < -0.4 is 0 Å². The second-order valence-corrected chi connectivity index (χ2v) is 6.14. The summed E-state index contributed by atoms with van der Waals surface area (Å²) in [6.45, 7) is 4.03. The van der Waals surface area contributed by atoms with E-state index in [0.717, 1.165) is 30.4 Å². The molecule has 0 fully saturated rings. The molecule has 0 spiro atoms. The third-order valence-corrected chi connectivity index (χ3v) is 4.55. The first-order valence-electron chi connectivity index (χ1n) is 7.45. The van der Waals surface area contributed by atoms with Crippen LogP contribution in [0.5, 0.6) is 0 Å². The molecule has 3 rings (SSSR count). The molecule has 0 saturated carbocycles. The summed E-state index contributed by atoms with van der Waals surface area (Å²) in [5.41, 5.74) is 5.75. The topological polar surface area (TPSA) is 40.5 Å². The number of benzene rings is 1. The Bertz CT molecular complexity index is 583. The fraction of sp³-hybridized carbons (Fsp3) is 0.444. The maximum atomic E-state index is 10.0. The second-order valence-electron chi connectivity index (χ2n) is 6.14. The highest BCUT2D eigenvalue weighted by atomic mass is 16.3. The van der Waals surface area contributed by atoms with Crippen molar-refractivity contribution in [1.82, 2.24) is 0 Å². The number of hydrogen-bond donors (Lipinski definition) is 2. The molecule has 20 heavy (non-hydrogen) atoms. The molecule has 0 saturated heterocycles. The minimum Gasteiger partial charge on any atom is -0.388 e. The van der Waals surface area contributed by atoms with Crippen LogP contribution in [0, 0.1) is 5.92 Å². The second kappa shape index (κ2) is 5.19. The summed E-state index contributed by atoms with van der Waals surface area (Å²) in [5, 5.41) is 20.0. The van der Waals surface area contributed by atoms with E-state index in [-0.39, 0.29) is 18.1 Å². The lowest BCUT2D eigenvalue weighted by Crippen LogP contribution is -2.20. The average molecular weight is 270 g/mol. The summed E-state index contributed by atoms with van der Waals surface area (Å²) in [4.78, 5) is 0. The van der Waals surface area contributed by atoms with E-state index in [1.807, 2.05) is 13.8 Å². The zero-order valence-corrected chi connectivity index (χ0v) is 12.1. The van der Waals surface area contributed by atoms with Gasteiger partial charge in [0, 0.05) is 5.92 Å². The van der Waals surface area contributed by atoms with Gasteiger partial charge in [0.25, 0.3) is 0 Å². The van der Waals surface area contributed by atoms with Crippen molar-refractivity contribution in [2.75, 3.05) is 0 Å². The van der Waals surface area contributed by atoms with Crippen LogP contribution in [0.3, 0.4) is 0 Å². The van der Waals surface area contributed by atoms with Crippen LogP contribution >= 0.6 is 0 Å². The van der Waals surface area contributed by atoms with Crippen LogP contribution in [-0.2, 0) is 6.42 Å². The zero-order chi connectivity index (χ0) is 14.3. The van der Waals surface area contributed by atoms with Gasteiger partial charge in [-0.15, -0.1) is 0 Å². The quantitative estimate of drug-likeness (QED) is 0.821. The summed E-state index contributed by atoms with van der Waals surface area (Å²) in [6.07, 6.45) is 6.53. The molecule has 0 aliphatic heterocycles. The first-order chi connectivity index (χ1) is 9.56. The Morgan fingerprint density at radius 2 is 2.00 bits per heavy atom. The van der Waals surface area contributed by atoms with Crippen LogP contribution in [0.4, 0.5) is 0 Å². The maximum Gasteiger partial charge on any atom is 0.0810 e. The van der Waals surface area contributed by atoms with Gasteiger partial charge in [-0.2, -0.15) is 0 Å². The minimum atomic E-state index is -0.363. The molecule has 0 amide bonds. The number of aryl methyl sites for hydroxylation is 1. The van der Waals surface area contributed by atoms with Crippen molar-refractivity contribution >= 4 is 5.57 Å². The molecule has 2 N–H and O–H groups in total. The smallest absolute Gasteiger partial charge is 0.0810 e. The van der Waals surface area contributed by atoms with Gasteiger partial charge >= 0.3 is 0 Å². The van der Waals surface area contributed by atoms with Crippen LogP contribution in [0.25, 0.3) is 5.57 Å². The summed E-state index contributed by atoms with van der Waals surface area (Å²) in [5.74, 6) is 0.150. The molecule has 2 aliphatic carbocycles. The van der Waals surface area contributed by atoms with Crippen molar-refractivity contribution in [2.24, 2.45) is 5.92 Å². The fourth-order valence-electron chi connectivity index (χ4n) is 3.32. The number of fused-ring (bicyclic) bond motifs is 1. The molecule has 1 aromatic rings. The first kappa shape index (κ1) is 13.6. The minimum absolute atomic E-state index is 0.150. The van der Waals surface area contributed by atoms with Gasteiger partial charge in [0.1, 0.15) is 0 Å². The molecule has 0 bridgehead atoms. The summed E-state index contributed by atoms with van der Waals surface area (Å²) in [7, 11) is 0. The van der Waals surface area contributed by atoms with Gasteiger partial charge in [-0.3, -0.25) is 0 Å². The van der Waals surface area contributed by atoms with Gasteiger partial charge in [0.2, 0.25) is 0 Å². The van der Waals surface area contributed by atoms with E-state index >= 15 is 0 Å². The van der Waals surface area contributed by atoms with Crippen molar-refractivity contribution < 1.29 is 10.2 Å². The molecule has 106 valence electrons. The standard InChI is InChI=1S/C18H22O2/c1-11-8-15(9-12(2)18(11)20)13-6-7-16-14(10-13)4-3-5-17(16)19/h6-11,17-20H,3-5H2,1-2H3. The van der Waals surface area contributed by atoms with E-state index in [4.69, 9.17) is 0 Å². The normalized spacial score (nSPS) is 29.5. The van der Waals surface area contributed by atoms with Crippen LogP contribution in [-0.4, -0.2) is 16.3 Å². The van der Waals surface area contributed by atoms with E-state index in [1.165, 1.54) is 16.7 Å². The summed E-state index contributed by atoms with van der Waals surface area (Å²) >= 11 is 0. The monoisotopic (exact) mass is 270 g/mol. The third kappa shape index (κ3) is 2.34. The van der Waals surface area contributed by atoms with Gasteiger partial charge in [-0.25, -0.2) is 0 Å². The van der Waals surface area contributed by atoms with E-state index in [2.05, 4.69) is 30.4 Å². The molecule has 0 heterocycles. The van der Waals surface area contributed by atoms with Crippen LogP contribution in [0.2, 0.25) is 0 Å². The third-order valence-electron chi connectivity index (χ3n) is 4.55. The van der Waals surface area contributed by atoms with Crippen molar-refractivity contribution in [3.05, 3.63) is 52.6 Å². The van der Waals surface area contributed by atoms with Gasteiger partial charge in [-0.05, 0) is 54.0 Å².